The maximum absolute atomic E-state index is 13.7. The number of carbonyl (C=O) groups excluding carboxylic acids is 3. The summed E-state index contributed by atoms with van der Waals surface area (Å²) in [6.45, 7) is 6.14. The standard InChI is InChI=1S/C27H32N2O5/c1-4-7-11-27(12-8-5-2)24(30)19-10-9-16-13-17-14-18(25(31)33-6-3)15-20(28)22(17)34-23(16)21(19)29-26(27)32/h9-10,14-15H,4-8,11-13,28H2,1-3H3,(H,29,32). The average molecular weight is 465 g/mol. The summed E-state index contributed by atoms with van der Waals surface area (Å²) in [4.78, 5) is 39.4. The number of unbranched alkanes of at least 4 members (excludes halogenated alkanes) is 2. The molecule has 0 radical (unpaired) electrons. The van der Waals surface area contributed by atoms with Gasteiger partial charge in [-0.2, -0.15) is 0 Å². The molecule has 3 N–H and O–H groups in total. The van der Waals surface area contributed by atoms with Crippen molar-refractivity contribution in [3.8, 4) is 11.5 Å². The number of ether oxygens (including phenoxy) is 2. The number of fused-ring (bicyclic) bond motifs is 4. The van der Waals surface area contributed by atoms with Crippen LogP contribution in [0.1, 0.15) is 91.1 Å². The van der Waals surface area contributed by atoms with Crippen molar-refractivity contribution in [1.82, 2.24) is 0 Å². The van der Waals surface area contributed by atoms with Crippen LogP contribution in [0.2, 0.25) is 0 Å². The van der Waals surface area contributed by atoms with E-state index in [-0.39, 0.29) is 18.3 Å². The van der Waals surface area contributed by atoms with Crippen molar-refractivity contribution < 1.29 is 23.9 Å². The Morgan fingerprint density at radius 3 is 2.41 bits per heavy atom. The lowest BCUT2D eigenvalue weighted by Crippen LogP contribution is -2.47. The Kier molecular flexibility index (Phi) is 6.64. The summed E-state index contributed by atoms with van der Waals surface area (Å²) in [6.07, 6.45) is 4.99. The summed E-state index contributed by atoms with van der Waals surface area (Å²) < 4.78 is 11.3. The summed E-state index contributed by atoms with van der Waals surface area (Å²) in [6, 6.07) is 6.90. The van der Waals surface area contributed by atoms with E-state index in [2.05, 4.69) is 19.2 Å². The number of hydrogen-bond donors (Lipinski definition) is 2. The summed E-state index contributed by atoms with van der Waals surface area (Å²) in [5.74, 6) is 0.0595. The van der Waals surface area contributed by atoms with Crippen LogP contribution in [-0.4, -0.2) is 24.3 Å². The first-order chi connectivity index (χ1) is 16.4. The van der Waals surface area contributed by atoms with Crippen LogP contribution < -0.4 is 15.8 Å². The third kappa shape index (κ3) is 3.93. The summed E-state index contributed by atoms with van der Waals surface area (Å²) >= 11 is 0. The van der Waals surface area contributed by atoms with Gasteiger partial charge < -0.3 is 20.5 Å². The Morgan fingerprint density at radius 1 is 1.06 bits per heavy atom. The lowest BCUT2D eigenvalue weighted by atomic mass is 9.69. The van der Waals surface area contributed by atoms with Gasteiger partial charge in [-0.15, -0.1) is 0 Å². The van der Waals surface area contributed by atoms with Crippen LogP contribution in [0.4, 0.5) is 11.4 Å². The Labute approximate surface area is 200 Å². The largest absolute Gasteiger partial charge is 0.462 e. The molecular weight excluding hydrogens is 432 g/mol. The van der Waals surface area contributed by atoms with Gasteiger partial charge in [0.1, 0.15) is 5.41 Å². The fraction of sp³-hybridized carbons (Fsp3) is 0.444. The van der Waals surface area contributed by atoms with Gasteiger partial charge in [-0.1, -0.05) is 45.6 Å². The van der Waals surface area contributed by atoms with E-state index in [1.807, 2.05) is 6.07 Å². The molecule has 1 amide bonds. The molecule has 0 bridgehead atoms. The van der Waals surface area contributed by atoms with E-state index < -0.39 is 11.4 Å². The lowest BCUT2D eigenvalue weighted by Gasteiger charge is -2.37. The van der Waals surface area contributed by atoms with Crippen molar-refractivity contribution in [2.45, 2.75) is 65.7 Å². The molecule has 7 heteroatoms. The SMILES string of the molecule is CCCCC1(CCCC)C(=O)Nc2c(ccc3c2Oc2c(N)cc(C(=O)OCC)cc2C3)C1=O. The van der Waals surface area contributed by atoms with Crippen LogP contribution in [0.15, 0.2) is 24.3 Å². The topological polar surface area (TPSA) is 108 Å². The van der Waals surface area contributed by atoms with Crippen LogP contribution in [0.5, 0.6) is 11.5 Å². The molecule has 0 unspecified atom stereocenters. The molecule has 2 heterocycles. The zero-order chi connectivity index (χ0) is 24.5. The van der Waals surface area contributed by atoms with E-state index in [4.69, 9.17) is 15.2 Å². The summed E-state index contributed by atoms with van der Waals surface area (Å²) in [5, 5.41) is 3.02. The number of Topliss-reactive ketones (excluding diaryl/α,β-unsaturated/α-hetero) is 1. The highest BCUT2D eigenvalue weighted by molar-refractivity contribution is 6.25. The zero-order valence-corrected chi connectivity index (χ0v) is 20.1. The van der Waals surface area contributed by atoms with Crippen molar-refractivity contribution in [3.05, 3.63) is 46.5 Å². The van der Waals surface area contributed by atoms with Gasteiger partial charge >= 0.3 is 5.97 Å². The van der Waals surface area contributed by atoms with Gasteiger partial charge in [0.05, 0.1) is 23.5 Å². The molecule has 0 aromatic heterocycles. The van der Waals surface area contributed by atoms with E-state index in [1.54, 1.807) is 19.1 Å². The number of amides is 1. The summed E-state index contributed by atoms with van der Waals surface area (Å²) in [7, 11) is 0. The van der Waals surface area contributed by atoms with Crippen LogP contribution in [0, 0.1) is 5.41 Å². The highest BCUT2D eigenvalue weighted by Gasteiger charge is 2.49. The highest BCUT2D eigenvalue weighted by Crippen LogP contribution is 2.50. The van der Waals surface area contributed by atoms with E-state index in [0.717, 1.165) is 36.8 Å². The predicted octanol–water partition coefficient (Wildman–Crippen LogP) is 5.64. The van der Waals surface area contributed by atoms with E-state index in [1.165, 1.54) is 6.07 Å². The van der Waals surface area contributed by atoms with E-state index >= 15 is 0 Å². The number of rotatable bonds is 8. The fourth-order valence-electron chi connectivity index (χ4n) is 4.93. The first-order valence-corrected chi connectivity index (χ1v) is 12.2. The normalized spacial score (nSPS) is 15.5. The van der Waals surface area contributed by atoms with Gasteiger partial charge in [0.15, 0.2) is 17.3 Å². The minimum absolute atomic E-state index is 0.129. The van der Waals surface area contributed by atoms with Gasteiger partial charge in [0.2, 0.25) is 5.91 Å². The molecule has 0 fully saturated rings. The average Bonchev–Trinajstić information content (AvgIpc) is 2.82. The smallest absolute Gasteiger partial charge is 0.338 e. The minimum Gasteiger partial charge on any atom is -0.462 e. The van der Waals surface area contributed by atoms with Crippen LogP contribution in [-0.2, 0) is 16.0 Å². The molecule has 0 saturated carbocycles. The van der Waals surface area contributed by atoms with Crippen molar-refractivity contribution in [1.29, 1.82) is 0 Å². The number of hydrogen-bond acceptors (Lipinski definition) is 6. The number of anilines is 2. The Bertz CT molecular complexity index is 1150. The van der Waals surface area contributed by atoms with Crippen LogP contribution in [0.25, 0.3) is 0 Å². The maximum atomic E-state index is 13.7. The molecule has 2 aliphatic rings. The Balaban J connectivity index is 1.73. The Hall–Kier alpha value is -3.35. The summed E-state index contributed by atoms with van der Waals surface area (Å²) in [5.41, 5.74) is 8.33. The predicted molar refractivity (Wildman–Crippen MR) is 131 cm³/mol. The molecule has 2 aromatic rings. The molecule has 0 atom stereocenters. The maximum Gasteiger partial charge on any atom is 0.338 e. The third-order valence-corrected chi connectivity index (χ3v) is 6.80. The number of esters is 1. The number of ketones is 1. The fourth-order valence-corrected chi connectivity index (χ4v) is 4.93. The molecule has 2 aliphatic heterocycles. The molecule has 0 spiro atoms. The number of nitrogens with one attached hydrogen (secondary N) is 1. The van der Waals surface area contributed by atoms with Crippen molar-refractivity contribution in [2.75, 3.05) is 17.7 Å². The molecule has 4 rings (SSSR count). The number of benzene rings is 2. The van der Waals surface area contributed by atoms with Crippen molar-refractivity contribution in [2.24, 2.45) is 5.41 Å². The van der Waals surface area contributed by atoms with Crippen molar-refractivity contribution in [3.63, 3.8) is 0 Å². The minimum atomic E-state index is -1.03. The number of nitrogen functional groups attached to an aromatic ring is 1. The monoisotopic (exact) mass is 464 g/mol. The van der Waals surface area contributed by atoms with Gasteiger partial charge in [0.25, 0.3) is 0 Å². The first kappa shape index (κ1) is 23.8. The molecule has 2 aromatic carbocycles. The molecule has 0 saturated heterocycles. The van der Waals surface area contributed by atoms with Gasteiger partial charge in [-0.05, 0) is 38.0 Å². The van der Waals surface area contributed by atoms with E-state index in [0.29, 0.717) is 53.3 Å². The highest BCUT2D eigenvalue weighted by atomic mass is 16.5. The van der Waals surface area contributed by atoms with E-state index in [9.17, 15) is 14.4 Å². The quantitative estimate of drug-likeness (QED) is 0.254. The third-order valence-electron chi connectivity index (χ3n) is 6.80. The number of nitrogens with two attached hydrogens (primary N) is 1. The molecule has 7 nitrogen and oxygen atoms in total. The first-order valence-electron chi connectivity index (χ1n) is 12.2. The second-order valence-electron chi connectivity index (χ2n) is 9.10. The van der Waals surface area contributed by atoms with Gasteiger partial charge in [-0.25, -0.2) is 4.79 Å². The van der Waals surface area contributed by atoms with Crippen LogP contribution >= 0.6 is 0 Å². The molecule has 34 heavy (non-hydrogen) atoms. The molecular formula is C27H32N2O5. The molecule has 180 valence electrons. The van der Waals surface area contributed by atoms with Crippen LogP contribution in [0.3, 0.4) is 0 Å². The number of carbonyl (C=O) groups is 3. The zero-order valence-electron chi connectivity index (χ0n) is 20.1. The second-order valence-corrected chi connectivity index (χ2v) is 9.10. The Morgan fingerprint density at radius 2 is 1.76 bits per heavy atom. The lowest BCUT2D eigenvalue weighted by molar-refractivity contribution is -0.124. The van der Waals surface area contributed by atoms with Gasteiger partial charge in [0, 0.05) is 23.1 Å². The molecule has 0 aliphatic carbocycles. The van der Waals surface area contributed by atoms with Gasteiger partial charge in [-0.3, -0.25) is 9.59 Å². The second kappa shape index (κ2) is 9.49. The van der Waals surface area contributed by atoms with Crippen molar-refractivity contribution >= 4 is 29.0 Å².